The van der Waals surface area contributed by atoms with E-state index >= 15 is 0 Å². The van der Waals surface area contributed by atoms with Crippen molar-refractivity contribution in [2.24, 2.45) is 0 Å². The second-order valence-corrected chi connectivity index (χ2v) is 8.56. The molecule has 0 aliphatic rings. The van der Waals surface area contributed by atoms with Crippen LogP contribution in [0.15, 0.2) is 120 Å². The maximum atomic E-state index is 11.0. The Kier molecular flexibility index (Phi) is 6.40. The molecule has 6 rings (SSSR count). The van der Waals surface area contributed by atoms with E-state index in [0.29, 0.717) is 6.54 Å². The van der Waals surface area contributed by atoms with Gasteiger partial charge >= 0.3 is 0 Å². The summed E-state index contributed by atoms with van der Waals surface area (Å²) in [5.41, 5.74) is 5.21. The Balaban J connectivity index is 0.00000267. The van der Waals surface area contributed by atoms with Crippen LogP contribution in [0.4, 0.5) is 5.69 Å². The lowest BCUT2D eigenvalue weighted by Crippen LogP contribution is -3.00. The molecule has 0 radical (unpaired) electrons. The van der Waals surface area contributed by atoms with Gasteiger partial charge in [-0.1, -0.05) is 60.7 Å². The molecule has 2 heterocycles. The van der Waals surface area contributed by atoms with Gasteiger partial charge in [0.2, 0.25) is 6.33 Å². The number of benzene rings is 4. The minimum absolute atomic E-state index is 0. The Morgan fingerprint density at radius 3 is 2.31 bits per heavy atom. The summed E-state index contributed by atoms with van der Waals surface area (Å²) in [4.78, 5) is 10.7. The van der Waals surface area contributed by atoms with Gasteiger partial charge in [-0.2, -0.15) is 0 Å². The lowest BCUT2D eigenvalue weighted by molar-refractivity contribution is -0.663. The molecule has 0 spiro atoms. The molecule has 6 nitrogen and oxygen atoms in total. The van der Waals surface area contributed by atoms with Crippen LogP contribution in [0.5, 0.6) is 0 Å². The maximum absolute atomic E-state index is 11.0. The summed E-state index contributed by atoms with van der Waals surface area (Å²) in [6.07, 6.45) is 2.11. The van der Waals surface area contributed by atoms with Gasteiger partial charge in [0.15, 0.2) is 22.8 Å². The van der Waals surface area contributed by atoms with Crippen molar-refractivity contribution in [3.63, 3.8) is 0 Å². The van der Waals surface area contributed by atoms with Crippen LogP contribution >= 0.6 is 0 Å². The van der Waals surface area contributed by atoms with E-state index in [1.165, 1.54) is 0 Å². The SMILES string of the molecule is O=[N+]([O-])c1ccc(C[n+]2cn(C(c3ccccc3)c3cc4ccccc4o3)c3ccccc32)cc1.[Br-]. The molecule has 1 unspecified atom stereocenters. The summed E-state index contributed by atoms with van der Waals surface area (Å²) in [5.74, 6) is 0.862. The summed E-state index contributed by atoms with van der Waals surface area (Å²) in [5, 5.41) is 12.1. The minimum Gasteiger partial charge on any atom is -1.00 e. The second kappa shape index (κ2) is 9.79. The molecule has 4 aromatic carbocycles. The van der Waals surface area contributed by atoms with Crippen molar-refractivity contribution < 1.29 is 30.9 Å². The topological polar surface area (TPSA) is 65.1 Å². The fourth-order valence-corrected chi connectivity index (χ4v) is 4.69. The molecule has 178 valence electrons. The number of furan rings is 1. The predicted octanol–water partition coefficient (Wildman–Crippen LogP) is 3.27. The van der Waals surface area contributed by atoms with Crippen LogP contribution in [0.25, 0.3) is 22.0 Å². The number of imidazole rings is 1. The van der Waals surface area contributed by atoms with Crippen LogP contribution in [0.3, 0.4) is 0 Å². The first kappa shape index (κ1) is 23.5. The number of nitrogens with zero attached hydrogens (tertiary/aromatic N) is 3. The van der Waals surface area contributed by atoms with Gasteiger partial charge in [0.05, 0.1) is 4.92 Å². The van der Waals surface area contributed by atoms with E-state index in [2.05, 4.69) is 51.9 Å². The van der Waals surface area contributed by atoms with Crippen LogP contribution in [0.2, 0.25) is 0 Å². The molecule has 0 amide bonds. The minimum atomic E-state index is -0.374. The van der Waals surface area contributed by atoms with E-state index in [9.17, 15) is 10.1 Å². The number of aromatic nitrogens is 2. The van der Waals surface area contributed by atoms with Crippen LogP contribution in [-0.4, -0.2) is 9.49 Å². The van der Waals surface area contributed by atoms with Gasteiger partial charge in [-0.15, -0.1) is 0 Å². The Morgan fingerprint density at radius 2 is 1.56 bits per heavy atom. The summed E-state index contributed by atoms with van der Waals surface area (Å²) in [7, 11) is 0. The highest BCUT2D eigenvalue weighted by atomic mass is 79.9. The van der Waals surface area contributed by atoms with Crippen LogP contribution in [0, 0.1) is 10.1 Å². The number of fused-ring (bicyclic) bond motifs is 2. The molecule has 0 bridgehead atoms. The first-order valence-electron chi connectivity index (χ1n) is 11.4. The molecular weight excluding hydrogens is 518 g/mol. The molecule has 0 N–H and O–H groups in total. The highest BCUT2D eigenvalue weighted by molar-refractivity contribution is 5.78. The standard InChI is InChI=1S/C29H22N3O3.BrH/c33-32(34)24-16-14-21(15-17-24)19-30-20-31(26-12-6-5-11-25(26)30)29(22-8-2-1-3-9-22)28-18-23-10-4-7-13-27(23)35-28;/h1-18,20,29H,19H2;1H/q+1;/p-1. The molecule has 0 aliphatic carbocycles. The Hall–Kier alpha value is -4.23. The van der Waals surface area contributed by atoms with Crippen molar-refractivity contribution in [3.05, 3.63) is 143 Å². The number of non-ortho nitro benzene ring substituents is 1. The molecule has 0 saturated carbocycles. The van der Waals surface area contributed by atoms with E-state index in [4.69, 9.17) is 4.42 Å². The lowest BCUT2D eigenvalue weighted by Gasteiger charge is -2.12. The van der Waals surface area contributed by atoms with Gasteiger partial charge in [0.1, 0.15) is 12.1 Å². The average molecular weight is 540 g/mol. The van der Waals surface area contributed by atoms with E-state index in [1.54, 1.807) is 12.1 Å². The van der Waals surface area contributed by atoms with E-state index in [-0.39, 0.29) is 33.6 Å². The van der Waals surface area contributed by atoms with Gasteiger partial charge in [-0.05, 0) is 42.0 Å². The van der Waals surface area contributed by atoms with Crippen molar-refractivity contribution in [2.45, 2.75) is 12.6 Å². The third kappa shape index (κ3) is 4.29. The molecule has 2 aromatic heterocycles. The number of hydrogen-bond acceptors (Lipinski definition) is 3. The number of nitro groups is 1. The first-order valence-corrected chi connectivity index (χ1v) is 11.4. The van der Waals surface area contributed by atoms with Crippen molar-refractivity contribution in [1.82, 2.24) is 4.57 Å². The highest BCUT2D eigenvalue weighted by Crippen LogP contribution is 2.33. The highest BCUT2D eigenvalue weighted by Gasteiger charge is 2.29. The number of hydrogen-bond donors (Lipinski definition) is 0. The van der Waals surface area contributed by atoms with Gasteiger partial charge in [-0.3, -0.25) is 10.1 Å². The molecule has 0 saturated heterocycles. The average Bonchev–Trinajstić information content (AvgIpc) is 3.47. The molecule has 0 aliphatic heterocycles. The number of nitro benzene ring substituents is 1. The number of halogens is 1. The third-order valence-corrected chi connectivity index (χ3v) is 6.34. The normalized spacial score (nSPS) is 11.9. The third-order valence-electron chi connectivity index (χ3n) is 6.34. The first-order chi connectivity index (χ1) is 17.2. The summed E-state index contributed by atoms with van der Waals surface area (Å²) in [6.45, 7) is 0.590. The molecule has 36 heavy (non-hydrogen) atoms. The largest absolute Gasteiger partial charge is 1.00 e. The number of rotatable bonds is 6. The second-order valence-electron chi connectivity index (χ2n) is 8.56. The Labute approximate surface area is 218 Å². The van der Waals surface area contributed by atoms with Crippen LogP contribution in [-0.2, 0) is 6.54 Å². The zero-order valence-corrected chi connectivity index (χ0v) is 20.8. The quantitative estimate of drug-likeness (QED) is 0.185. The smallest absolute Gasteiger partial charge is 0.269 e. The maximum Gasteiger partial charge on any atom is 0.269 e. The monoisotopic (exact) mass is 539 g/mol. The van der Waals surface area contributed by atoms with Crippen molar-refractivity contribution in [1.29, 1.82) is 0 Å². The van der Waals surface area contributed by atoms with E-state index in [0.717, 1.165) is 38.9 Å². The summed E-state index contributed by atoms with van der Waals surface area (Å²) in [6, 6.07) is 35.3. The fraction of sp³-hybridized carbons (Fsp3) is 0.0690. The fourth-order valence-electron chi connectivity index (χ4n) is 4.69. The molecular formula is C29H22BrN3O3. The van der Waals surface area contributed by atoms with E-state index in [1.807, 2.05) is 60.7 Å². The lowest BCUT2D eigenvalue weighted by atomic mass is 10.0. The van der Waals surface area contributed by atoms with Crippen molar-refractivity contribution in [3.8, 4) is 0 Å². The Bertz CT molecular complexity index is 1620. The zero-order chi connectivity index (χ0) is 23.8. The van der Waals surface area contributed by atoms with Gasteiger partial charge in [0.25, 0.3) is 5.69 Å². The van der Waals surface area contributed by atoms with Crippen LogP contribution in [0.1, 0.15) is 22.9 Å². The van der Waals surface area contributed by atoms with Crippen molar-refractivity contribution >= 4 is 27.7 Å². The molecule has 1 atom stereocenters. The Morgan fingerprint density at radius 1 is 0.861 bits per heavy atom. The van der Waals surface area contributed by atoms with E-state index < -0.39 is 0 Å². The van der Waals surface area contributed by atoms with Crippen molar-refractivity contribution in [2.75, 3.05) is 0 Å². The predicted molar refractivity (Wildman–Crippen MR) is 134 cm³/mol. The van der Waals surface area contributed by atoms with Gasteiger partial charge in [-0.25, -0.2) is 9.13 Å². The number of para-hydroxylation sites is 3. The molecule has 6 aromatic rings. The van der Waals surface area contributed by atoms with Gasteiger partial charge in [0, 0.05) is 23.1 Å². The van der Waals surface area contributed by atoms with Gasteiger partial charge < -0.3 is 21.4 Å². The molecule has 0 fully saturated rings. The van der Waals surface area contributed by atoms with Crippen LogP contribution < -0.4 is 21.5 Å². The molecule has 7 heteroatoms. The summed E-state index contributed by atoms with van der Waals surface area (Å²) < 4.78 is 10.8. The zero-order valence-electron chi connectivity index (χ0n) is 19.2. The summed E-state index contributed by atoms with van der Waals surface area (Å²) >= 11 is 0.